The molecule has 0 bridgehead atoms. The summed E-state index contributed by atoms with van der Waals surface area (Å²) in [4.78, 5) is 2.15. The maximum Gasteiger partial charge on any atom is 0.110 e. The summed E-state index contributed by atoms with van der Waals surface area (Å²) in [5.74, 6) is 0. The molecule has 12 heavy (non-hydrogen) atoms. The first kappa shape index (κ1) is 14.9. The Kier molecular flexibility index (Phi) is 10.0. The maximum absolute atomic E-state index is 12.4. The standard InChI is InChI=1S/C7H15FN2.2ClH/c1-7(8)6-10-4-2-9-3-5-10;;/h7,9H,2-6H2,1H3;2*1H. The van der Waals surface area contributed by atoms with E-state index >= 15 is 0 Å². The molecule has 0 aliphatic carbocycles. The van der Waals surface area contributed by atoms with Crippen LogP contribution in [-0.4, -0.2) is 43.8 Å². The Morgan fingerprint density at radius 3 is 2.25 bits per heavy atom. The van der Waals surface area contributed by atoms with Gasteiger partial charge < -0.3 is 5.32 Å². The number of hydrogen-bond acceptors (Lipinski definition) is 2. The molecule has 0 aromatic carbocycles. The van der Waals surface area contributed by atoms with E-state index in [-0.39, 0.29) is 24.8 Å². The monoisotopic (exact) mass is 218 g/mol. The summed E-state index contributed by atoms with van der Waals surface area (Å²) in [6, 6.07) is 0. The highest BCUT2D eigenvalue weighted by molar-refractivity contribution is 5.85. The van der Waals surface area contributed by atoms with E-state index in [1.807, 2.05) is 0 Å². The summed E-state index contributed by atoms with van der Waals surface area (Å²) in [5, 5.41) is 3.22. The molecule has 2 nitrogen and oxygen atoms in total. The smallest absolute Gasteiger partial charge is 0.110 e. The van der Waals surface area contributed by atoms with Crippen LogP contribution in [0.3, 0.4) is 0 Å². The van der Waals surface area contributed by atoms with Crippen LogP contribution in [0.1, 0.15) is 6.92 Å². The second-order valence-electron chi connectivity index (χ2n) is 2.83. The zero-order valence-corrected chi connectivity index (χ0v) is 8.89. The summed E-state index contributed by atoms with van der Waals surface area (Å²) >= 11 is 0. The van der Waals surface area contributed by atoms with Crippen molar-refractivity contribution in [1.29, 1.82) is 0 Å². The molecule has 0 aromatic heterocycles. The summed E-state index contributed by atoms with van der Waals surface area (Å²) in [5.41, 5.74) is 0. The minimum atomic E-state index is -0.682. The molecule has 1 heterocycles. The first-order valence-electron chi connectivity index (χ1n) is 3.86. The van der Waals surface area contributed by atoms with Crippen molar-refractivity contribution >= 4 is 24.8 Å². The van der Waals surface area contributed by atoms with Gasteiger partial charge in [0.25, 0.3) is 0 Å². The average Bonchev–Trinajstić information content (AvgIpc) is 1.88. The Balaban J connectivity index is 0. The molecule has 0 spiro atoms. The fourth-order valence-electron chi connectivity index (χ4n) is 1.25. The van der Waals surface area contributed by atoms with Crippen LogP contribution in [0.15, 0.2) is 0 Å². The van der Waals surface area contributed by atoms with Crippen molar-refractivity contribution in [3.63, 3.8) is 0 Å². The Morgan fingerprint density at radius 1 is 1.33 bits per heavy atom. The molecule has 76 valence electrons. The number of hydrogen-bond donors (Lipinski definition) is 1. The summed E-state index contributed by atoms with van der Waals surface area (Å²) in [6.45, 7) is 6.21. The van der Waals surface area contributed by atoms with Crippen LogP contribution in [-0.2, 0) is 0 Å². The summed E-state index contributed by atoms with van der Waals surface area (Å²) < 4.78 is 12.4. The third-order valence-corrected chi connectivity index (χ3v) is 1.72. The van der Waals surface area contributed by atoms with Crippen LogP contribution >= 0.6 is 24.8 Å². The fraction of sp³-hybridized carbons (Fsp3) is 1.00. The maximum atomic E-state index is 12.4. The number of nitrogens with one attached hydrogen (secondary N) is 1. The van der Waals surface area contributed by atoms with E-state index in [0.717, 1.165) is 26.2 Å². The molecule has 5 heteroatoms. The molecule has 0 radical (unpaired) electrons. The van der Waals surface area contributed by atoms with Gasteiger partial charge >= 0.3 is 0 Å². The predicted molar refractivity (Wildman–Crippen MR) is 54.4 cm³/mol. The lowest BCUT2D eigenvalue weighted by Crippen LogP contribution is -2.45. The SMILES string of the molecule is CC(F)CN1CCNCC1.Cl.Cl. The van der Waals surface area contributed by atoms with Gasteiger partial charge in [0, 0.05) is 32.7 Å². The molecule has 1 saturated heterocycles. The zero-order chi connectivity index (χ0) is 7.40. The van der Waals surface area contributed by atoms with E-state index in [1.165, 1.54) is 0 Å². The third kappa shape index (κ3) is 6.00. The number of piperazine rings is 1. The summed E-state index contributed by atoms with van der Waals surface area (Å²) in [6.07, 6.45) is -0.682. The van der Waals surface area contributed by atoms with Crippen molar-refractivity contribution in [1.82, 2.24) is 10.2 Å². The molecule has 0 aromatic rings. The molecule has 1 N–H and O–H groups in total. The van der Waals surface area contributed by atoms with E-state index in [4.69, 9.17) is 0 Å². The lowest BCUT2D eigenvalue weighted by atomic mass is 10.3. The van der Waals surface area contributed by atoms with E-state index in [0.29, 0.717) is 6.54 Å². The van der Waals surface area contributed by atoms with Gasteiger partial charge in [0.1, 0.15) is 6.17 Å². The highest BCUT2D eigenvalue weighted by Crippen LogP contribution is 1.96. The van der Waals surface area contributed by atoms with Gasteiger partial charge in [-0.3, -0.25) is 4.90 Å². The summed E-state index contributed by atoms with van der Waals surface area (Å²) in [7, 11) is 0. The second kappa shape index (κ2) is 8.05. The normalized spacial score (nSPS) is 20.5. The quantitative estimate of drug-likeness (QED) is 0.748. The number of nitrogens with zero attached hydrogens (tertiary/aromatic N) is 1. The Labute approximate surface area is 85.7 Å². The Hall–Kier alpha value is 0.430. The van der Waals surface area contributed by atoms with Gasteiger partial charge in [0.15, 0.2) is 0 Å². The van der Waals surface area contributed by atoms with Crippen molar-refractivity contribution in [2.45, 2.75) is 13.1 Å². The van der Waals surface area contributed by atoms with E-state index in [9.17, 15) is 4.39 Å². The number of rotatable bonds is 2. The molecule has 1 aliphatic rings. The zero-order valence-electron chi connectivity index (χ0n) is 7.25. The molecule has 1 fully saturated rings. The number of halogens is 3. The van der Waals surface area contributed by atoms with Gasteiger partial charge in [-0.1, -0.05) is 0 Å². The number of alkyl halides is 1. The second-order valence-corrected chi connectivity index (χ2v) is 2.83. The highest BCUT2D eigenvalue weighted by Gasteiger charge is 2.11. The first-order valence-corrected chi connectivity index (χ1v) is 3.86. The lowest BCUT2D eigenvalue weighted by Gasteiger charge is -2.27. The minimum Gasteiger partial charge on any atom is -0.314 e. The van der Waals surface area contributed by atoms with Gasteiger partial charge in [-0.05, 0) is 6.92 Å². The van der Waals surface area contributed by atoms with Crippen LogP contribution in [0.5, 0.6) is 0 Å². The van der Waals surface area contributed by atoms with Gasteiger partial charge in [-0.15, -0.1) is 24.8 Å². The third-order valence-electron chi connectivity index (χ3n) is 1.72. The van der Waals surface area contributed by atoms with Gasteiger partial charge in [-0.25, -0.2) is 4.39 Å². The van der Waals surface area contributed by atoms with Gasteiger partial charge in [0.05, 0.1) is 0 Å². The highest BCUT2D eigenvalue weighted by atomic mass is 35.5. The Morgan fingerprint density at radius 2 is 1.83 bits per heavy atom. The van der Waals surface area contributed by atoms with E-state index < -0.39 is 6.17 Å². The van der Waals surface area contributed by atoms with Crippen LogP contribution < -0.4 is 5.32 Å². The van der Waals surface area contributed by atoms with Crippen molar-refractivity contribution < 1.29 is 4.39 Å². The van der Waals surface area contributed by atoms with Crippen molar-refractivity contribution in [3.05, 3.63) is 0 Å². The molecule has 1 unspecified atom stereocenters. The average molecular weight is 219 g/mol. The lowest BCUT2D eigenvalue weighted by molar-refractivity contribution is 0.183. The Bertz CT molecular complexity index is 97.4. The molecule has 1 rings (SSSR count). The topological polar surface area (TPSA) is 15.3 Å². The predicted octanol–water partition coefficient (Wildman–Crippen LogP) is 1.09. The molecule has 1 aliphatic heterocycles. The first-order chi connectivity index (χ1) is 4.79. The molecular formula is C7H17Cl2FN2. The largest absolute Gasteiger partial charge is 0.314 e. The minimum absolute atomic E-state index is 0. The van der Waals surface area contributed by atoms with E-state index in [2.05, 4.69) is 10.2 Å². The molecular weight excluding hydrogens is 202 g/mol. The van der Waals surface area contributed by atoms with Gasteiger partial charge in [0.2, 0.25) is 0 Å². The molecule has 0 saturated carbocycles. The van der Waals surface area contributed by atoms with E-state index in [1.54, 1.807) is 6.92 Å². The van der Waals surface area contributed by atoms with Crippen molar-refractivity contribution in [2.75, 3.05) is 32.7 Å². The van der Waals surface area contributed by atoms with Crippen LogP contribution in [0, 0.1) is 0 Å². The van der Waals surface area contributed by atoms with Crippen LogP contribution in [0.4, 0.5) is 4.39 Å². The van der Waals surface area contributed by atoms with Gasteiger partial charge in [-0.2, -0.15) is 0 Å². The molecule has 0 amide bonds. The fourth-order valence-corrected chi connectivity index (χ4v) is 1.25. The molecule has 1 atom stereocenters. The van der Waals surface area contributed by atoms with Crippen molar-refractivity contribution in [3.8, 4) is 0 Å². The van der Waals surface area contributed by atoms with Crippen LogP contribution in [0.25, 0.3) is 0 Å². The van der Waals surface area contributed by atoms with Crippen molar-refractivity contribution in [2.24, 2.45) is 0 Å². The van der Waals surface area contributed by atoms with Crippen LogP contribution in [0.2, 0.25) is 0 Å².